The third kappa shape index (κ3) is 6.90. The number of rotatable bonds is 8. The average molecular weight is 339 g/mol. The van der Waals surface area contributed by atoms with Crippen LogP contribution in [0.2, 0.25) is 5.02 Å². The first kappa shape index (κ1) is 18.2. The molecule has 1 aliphatic rings. The lowest BCUT2D eigenvalue weighted by molar-refractivity contribution is -0.123. The van der Waals surface area contributed by atoms with Crippen LogP contribution in [0.15, 0.2) is 24.3 Å². The zero-order valence-electron chi connectivity index (χ0n) is 13.9. The molecule has 1 amide bonds. The van der Waals surface area contributed by atoms with Gasteiger partial charge in [0.15, 0.2) is 0 Å². The summed E-state index contributed by atoms with van der Waals surface area (Å²) in [7, 11) is 0. The molecule has 0 spiro atoms. The van der Waals surface area contributed by atoms with Gasteiger partial charge < -0.3 is 10.1 Å². The molecule has 1 aromatic rings. The summed E-state index contributed by atoms with van der Waals surface area (Å²) >= 11 is 5.86. The van der Waals surface area contributed by atoms with Crippen LogP contribution in [0.4, 0.5) is 0 Å². The van der Waals surface area contributed by atoms with Gasteiger partial charge in [-0.15, -0.1) is 0 Å². The highest BCUT2D eigenvalue weighted by Crippen LogP contribution is 2.13. The molecule has 1 atom stereocenters. The van der Waals surface area contributed by atoms with E-state index in [1.54, 1.807) is 0 Å². The highest BCUT2D eigenvalue weighted by molar-refractivity contribution is 6.30. The maximum absolute atomic E-state index is 12.1. The van der Waals surface area contributed by atoms with E-state index in [0.29, 0.717) is 13.1 Å². The maximum atomic E-state index is 12.1. The number of nitrogens with zero attached hydrogens (tertiary/aromatic N) is 1. The first-order valence-electron chi connectivity index (χ1n) is 8.52. The second kappa shape index (κ2) is 9.91. The van der Waals surface area contributed by atoms with Gasteiger partial charge in [0.25, 0.3) is 0 Å². The smallest absolute Gasteiger partial charge is 0.234 e. The summed E-state index contributed by atoms with van der Waals surface area (Å²) in [4.78, 5) is 14.3. The molecule has 0 radical (unpaired) electrons. The molecule has 4 nitrogen and oxygen atoms in total. The van der Waals surface area contributed by atoms with Crippen LogP contribution in [0.5, 0.6) is 0 Å². The van der Waals surface area contributed by atoms with Crippen LogP contribution in [0.25, 0.3) is 0 Å². The Morgan fingerprint density at radius 1 is 1.39 bits per heavy atom. The van der Waals surface area contributed by atoms with Crippen molar-refractivity contribution < 1.29 is 9.53 Å². The summed E-state index contributed by atoms with van der Waals surface area (Å²) in [6, 6.07) is 7.75. The largest absolute Gasteiger partial charge is 0.377 e. The van der Waals surface area contributed by atoms with Crippen molar-refractivity contribution in [2.45, 2.75) is 38.7 Å². The number of likely N-dealkylation sites (tertiary alicyclic amines) is 1. The van der Waals surface area contributed by atoms with E-state index in [1.165, 1.54) is 5.56 Å². The third-order valence-electron chi connectivity index (χ3n) is 4.04. The fraction of sp³-hybridized carbons (Fsp3) is 0.611. The summed E-state index contributed by atoms with van der Waals surface area (Å²) in [5.74, 6) is 0.0927. The zero-order valence-corrected chi connectivity index (χ0v) is 14.6. The molecule has 1 heterocycles. The van der Waals surface area contributed by atoms with Crippen LogP contribution in [-0.4, -0.2) is 49.7 Å². The summed E-state index contributed by atoms with van der Waals surface area (Å²) in [5, 5.41) is 3.74. The number of piperidine rings is 1. The number of ether oxygens (including phenoxy) is 1. The molecule has 1 unspecified atom stereocenters. The van der Waals surface area contributed by atoms with Gasteiger partial charge in [-0.2, -0.15) is 0 Å². The number of hydrogen-bond donors (Lipinski definition) is 1. The van der Waals surface area contributed by atoms with Gasteiger partial charge in [-0.25, -0.2) is 0 Å². The molecule has 1 N–H and O–H groups in total. The Hall–Kier alpha value is -1.10. The molecule has 0 saturated carbocycles. The monoisotopic (exact) mass is 338 g/mol. The summed E-state index contributed by atoms with van der Waals surface area (Å²) in [5.41, 5.74) is 1.18. The third-order valence-corrected chi connectivity index (χ3v) is 4.29. The molecular weight excluding hydrogens is 312 g/mol. The second-order valence-electron chi connectivity index (χ2n) is 6.10. The van der Waals surface area contributed by atoms with E-state index in [-0.39, 0.29) is 12.0 Å². The average Bonchev–Trinajstić information content (AvgIpc) is 2.55. The van der Waals surface area contributed by atoms with E-state index < -0.39 is 0 Å². The predicted molar refractivity (Wildman–Crippen MR) is 93.9 cm³/mol. The van der Waals surface area contributed by atoms with Crippen molar-refractivity contribution in [1.29, 1.82) is 0 Å². The van der Waals surface area contributed by atoms with E-state index in [0.717, 1.165) is 50.4 Å². The molecule has 5 heteroatoms. The molecule has 0 aromatic heterocycles. The molecule has 23 heavy (non-hydrogen) atoms. The van der Waals surface area contributed by atoms with Gasteiger partial charge in [-0.3, -0.25) is 9.69 Å². The minimum absolute atomic E-state index is 0.0927. The van der Waals surface area contributed by atoms with Crippen molar-refractivity contribution in [3.8, 4) is 0 Å². The molecule has 2 rings (SSSR count). The quantitative estimate of drug-likeness (QED) is 0.792. The van der Waals surface area contributed by atoms with Crippen LogP contribution in [0, 0.1) is 0 Å². The lowest BCUT2D eigenvalue weighted by Crippen LogP contribution is -2.45. The number of halogens is 1. The van der Waals surface area contributed by atoms with Crippen molar-refractivity contribution in [2.75, 3.05) is 32.8 Å². The number of hydrogen-bond acceptors (Lipinski definition) is 3. The Labute approximate surface area is 144 Å². The first-order valence-corrected chi connectivity index (χ1v) is 8.90. The Bertz CT molecular complexity index is 478. The highest BCUT2D eigenvalue weighted by atomic mass is 35.5. The molecule has 128 valence electrons. The number of carbonyl (C=O) groups is 1. The van der Waals surface area contributed by atoms with Gasteiger partial charge in [-0.05, 0) is 49.9 Å². The van der Waals surface area contributed by atoms with Crippen molar-refractivity contribution >= 4 is 17.5 Å². The van der Waals surface area contributed by atoms with E-state index >= 15 is 0 Å². The van der Waals surface area contributed by atoms with Gasteiger partial charge in [0.05, 0.1) is 12.6 Å². The SMILES string of the molecule is CCCOC1CCCN(CC(=O)NCCc2ccc(Cl)cc2)C1. The lowest BCUT2D eigenvalue weighted by Gasteiger charge is -2.32. The Morgan fingerprint density at radius 2 is 2.17 bits per heavy atom. The van der Waals surface area contributed by atoms with Gasteiger partial charge in [-0.1, -0.05) is 30.7 Å². The molecule has 1 fully saturated rings. The highest BCUT2D eigenvalue weighted by Gasteiger charge is 2.21. The number of nitrogens with one attached hydrogen (secondary N) is 1. The molecule has 1 aliphatic heterocycles. The van der Waals surface area contributed by atoms with Crippen LogP contribution >= 0.6 is 11.6 Å². The molecule has 0 bridgehead atoms. The van der Waals surface area contributed by atoms with Crippen molar-refractivity contribution in [3.05, 3.63) is 34.9 Å². The van der Waals surface area contributed by atoms with E-state index in [1.807, 2.05) is 24.3 Å². The van der Waals surface area contributed by atoms with Crippen LogP contribution in [0.3, 0.4) is 0 Å². The van der Waals surface area contributed by atoms with Crippen molar-refractivity contribution in [2.24, 2.45) is 0 Å². The van der Waals surface area contributed by atoms with Gasteiger partial charge in [0.1, 0.15) is 0 Å². The van der Waals surface area contributed by atoms with Crippen molar-refractivity contribution in [3.63, 3.8) is 0 Å². The fourth-order valence-electron chi connectivity index (χ4n) is 2.83. The van der Waals surface area contributed by atoms with Crippen LogP contribution < -0.4 is 5.32 Å². The first-order chi connectivity index (χ1) is 11.2. The van der Waals surface area contributed by atoms with Crippen molar-refractivity contribution in [1.82, 2.24) is 10.2 Å². The minimum Gasteiger partial charge on any atom is -0.377 e. The predicted octanol–water partition coefficient (Wildman–Crippen LogP) is 2.89. The lowest BCUT2D eigenvalue weighted by atomic mass is 10.1. The van der Waals surface area contributed by atoms with E-state index in [2.05, 4.69) is 17.1 Å². The normalized spacial score (nSPS) is 18.8. The summed E-state index contributed by atoms with van der Waals surface area (Å²) < 4.78 is 5.81. The standard InChI is InChI=1S/C18H27ClN2O2/c1-2-12-23-17-4-3-11-21(13-17)14-18(22)20-10-9-15-5-7-16(19)8-6-15/h5-8,17H,2-4,9-14H2,1H3,(H,20,22). The van der Waals surface area contributed by atoms with E-state index in [4.69, 9.17) is 16.3 Å². The van der Waals surface area contributed by atoms with Gasteiger partial charge in [0, 0.05) is 24.7 Å². The zero-order chi connectivity index (χ0) is 16.5. The fourth-order valence-corrected chi connectivity index (χ4v) is 2.96. The number of carbonyl (C=O) groups excluding carboxylic acids is 1. The second-order valence-corrected chi connectivity index (χ2v) is 6.53. The molecule has 1 saturated heterocycles. The number of benzene rings is 1. The Kier molecular flexibility index (Phi) is 7.86. The molecule has 0 aliphatic carbocycles. The van der Waals surface area contributed by atoms with Gasteiger partial charge in [0.2, 0.25) is 5.91 Å². The Morgan fingerprint density at radius 3 is 2.91 bits per heavy atom. The summed E-state index contributed by atoms with van der Waals surface area (Å²) in [6.45, 7) is 5.90. The van der Waals surface area contributed by atoms with Crippen LogP contribution in [0.1, 0.15) is 31.7 Å². The molecule has 1 aromatic carbocycles. The maximum Gasteiger partial charge on any atom is 0.234 e. The minimum atomic E-state index is 0.0927. The van der Waals surface area contributed by atoms with Gasteiger partial charge >= 0.3 is 0 Å². The van der Waals surface area contributed by atoms with Crippen LogP contribution in [-0.2, 0) is 16.0 Å². The molecular formula is C18H27ClN2O2. The Balaban J connectivity index is 1.64. The topological polar surface area (TPSA) is 41.6 Å². The van der Waals surface area contributed by atoms with E-state index in [9.17, 15) is 4.79 Å². The summed E-state index contributed by atoms with van der Waals surface area (Å²) in [6.07, 6.45) is 4.36. The number of amides is 1.